The van der Waals surface area contributed by atoms with Gasteiger partial charge in [0.2, 0.25) is 0 Å². The first-order chi connectivity index (χ1) is 15.1. The number of rotatable bonds is 5. The SMILES string of the molecule is CN1CCCc2cc(C(CNC(=O)C(=O)Nc3ccc(C(F)(F)F)cc3)N(C)C)ccc21. The van der Waals surface area contributed by atoms with Crippen molar-refractivity contribution in [2.24, 2.45) is 0 Å². The maximum atomic E-state index is 12.6. The molecule has 2 aromatic carbocycles. The van der Waals surface area contributed by atoms with Crippen LogP contribution in [-0.4, -0.2) is 50.9 Å². The van der Waals surface area contributed by atoms with Crippen LogP contribution in [0.3, 0.4) is 0 Å². The van der Waals surface area contributed by atoms with Crippen molar-refractivity contribution in [2.75, 3.05) is 44.4 Å². The molecule has 1 aliphatic rings. The zero-order valence-corrected chi connectivity index (χ0v) is 18.3. The van der Waals surface area contributed by atoms with E-state index in [0.29, 0.717) is 0 Å². The zero-order valence-electron chi connectivity index (χ0n) is 18.3. The molecule has 2 amide bonds. The Kier molecular flexibility index (Phi) is 7.08. The van der Waals surface area contributed by atoms with Crippen LogP contribution in [0.15, 0.2) is 42.5 Å². The standard InChI is InChI=1S/C23H27F3N4O2/c1-29(2)20(16-6-11-19-15(13-16)5-4-12-30(19)3)14-27-21(31)22(32)28-18-9-7-17(8-10-18)23(24,25)26/h6-11,13,20H,4-5,12,14H2,1-3H3,(H,27,31)(H,28,32). The summed E-state index contributed by atoms with van der Waals surface area (Å²) < 4.78 is 37.9. The molecule has 0 bridgehead atoms. The molecule has 6 nitrogen and oxygen atoms in total. The first kappa shape index (κ1) is 23.6. The number of alkyl halides is 3. The second kappa shape index (κ2) is 9.60. The average Bonchev–Trinajstić information content (AvgIpc) is 2.73. The first-order valence-electron chi connectivity index (χ1n) is 10.3. The Morgan fingerprint density at radius 1 is 1.09 bits per heavy atom. The second-order valence-corrected chi connectivity index (χ2v) is 8.13. The lowest BCUT2D eigenvalue weighted by Crippen LogP contribution is -2.40. The van der Waals surface area contributed by atoms with Gasteiger partial charge in [-0.3, -0.25) is 9.59 Å². The lowest BCUT2D eigenvalue weighted by Gasteiger charge is -2.30. The number of nitrogens with zero attached hydrogens (tertiary/aromatic N) is 2. The highest BCUT2D eigenvalue weighted by atomic mass is 19.4. The van der Waals surface area contributed by atoms with E-state index in [-0.39, 0.29) is 18.3 Å². The molecule has 32 heavy (non-hydrogen) atoms. The summed E-state index contributed by atoms with van der Waals surface area (Å²) in [6.45, 7) is 1.23. The predicted octanol–water partition coefficient (Wildman–Crippen LogP) is 3.45. The summed E-state index contributed by atoms with van der Waals surface area (Å²) >= 11 is 0. The molecule has 1 heterocycles. The van der Waals surface area contributed by atoms with Gasteiger partial charge in [-0.25, -0.2) is 0 Å². The average molecular weight is 448 g/mol. The number of aryl methyl sites for hydroxylation is 1. The maximum Gasteiger partial charge on any atom is 0.416 e. The van der Waals surface area contributed by atoms with Crippen molar-refractivity contribution in [3.05, 3.63) is 59.2 Å². The minimum atomic E-state index is -4.47. The number of anilines is 2. The number of hydrogen-bond donors (Lipinski definition) is 2. The van der Waals surface area contributed by atoms with Gasteiger partial charge in [-0.05, 0) is 68.4 Å². The molecule has 0 saturated heterocycles. The fraction of sp³-hybridized carbons (Fsp3) is 0.391. The molecule has 0 spiro atoms. The van der Waals surface area contributed by atoms with Crippen LogP contribution in [0, 0.1) is 0 Å². The van der Waals surface area contributed by atoms with Crippen molar-refractivity contribution in [3.8, 4) is 0 Å². The van der Waals surface area contributed by atoms with Crippen molar-refractivity contribution in [1.29, 1.82) is 0 Å². The molecule has 2 aromatic rings. The number of nitrogens with one attached hydrogen (secondary N) is 2. The molecule has 2 N–H and O–H groups in total. The van der Waals surface area contributed by atoms with Crippen molar-refractivity contribution >= 4 is 23.2 Å². The molecule has 1 atom stereocenters. The summed E-state index contributed by atoms with van der Waals surface area (Å²) in [5.41, 5.74) is 2.78. The van der Waals surface area contributed by atoms with Crippen LogP contribution in [0.2, 0.25) is 0 Å². The van der Waals surface area contributed by atoms with Gasteiger partial charge in [0, 0.05) is 31.5 Å². The van der Waals surface area contributed by atoms with Crippen molar-refractivity contribution in [2.45, 2.75) is 25.1 Å². The van der Waals surface area contributed by atoms with Gasteiger partial charge >= 0.3 is 18.0 Å². The topological polar surface area (TPSA) is 64.7 Å². The molecular weight excluding hydrogens is 421 g/mol. The van der Waals surface area contributed by atoms with Crippen molar-refractivity contribution in [3.63, 3.8) is 0 Å². The van der Waals surface area contributed by atoms with E-state index in [1.165, 1.54) is 11.3 Å². The number of benzene rings is 2. The van der Waals surface area contributed by atoms with Crippen LogP contribution in [0.25, 0.3) is 0 Å². The number of carbonyl (C=O) groups is 2. The third-order valence-electron chi connectivity index (χ3n) is 5.59. The first-order valence-corrected chi connectivity index (χ1v) is 10.3. The van der Waals surface area contributed by atoms with E-state index in [0.717, 1.165) is 49.2 Å². The Morgan fingerprint density at radius 2 is 1.78 bits per heavy atom. The molecule has 0 saturated carbocycles. The van der Waals surface area contributed by atoms with Crippen molar-refractivity contribution in [1.82, 2.24) is 10.2 Å². The minimum Gasteiger partial charge on any atom is -0.374 e. The number of fused-ring (bicyclic) bond motifs is 1. The van der Waals surface area contributed by atoms with E-state index >= 15 is 0 Å². The Labute approximate surface area is 185 Å². The summed E-state index contributed by atoms with van der Waals surface area (Å²) in [5, 5.41) is 4.95. The summed E-state index contributed by atoms with van der Waals surface area (Å²) in [7, 11) is 5.85. The number of hydrogen-bond acceptors (Lipinski definition) is 4. The minimum absolute atomic E-state index is 0.112. The van der Waals surface area contributed by atoms with Crippen LogP contribution in [0.5, 0.6) is 0 Å². The van der Waals surface area contributed by atoms with Gasteiger partial charge in [0.15, 0.2) is 0 Å². The highest BCUT2D eigenvalue weighted by molar-refractivity contribution is 6.39. The van der Waals surface area contributed by atoms with Crippen LogP contribution < -0.4 is 15.5 Å². The molecule has 0 fully saturated rings. The number of carbonyl (C=O) groups excluding carboxylic acids is 2. The molecular formula is C23H27F3N4O2. The van der Waals surface area contributed by atoms with Gasteiger partial charge in [-0.15, -0.1) is 0 Å². The highest BCUT2D eigenvalue weighted by Crippen LogP contribution is 2.31. The molecule has 3 rings (SSSR count). The number of likely N-dealkylation sites (N-methyl/N-ethyl adjacent to an activating group) is 1. The van der Waals surface area contributed by atoms with E-state index in [1.54, 1.807) is 0 Å². The van der Waals surface area contributed by atoms with Crippen LogP contribution in [-0.2, 0) is 22.2 Å². The van der Waals surface area contributed by atoms with Gasteiger partial charge in [-0.1, -0.05) is 12.1 Å². The third-order valence-corrected chi connectivity index (χ3v) is 5.59. The smallest absolute Gasteiger partial charge is 0.374 e. The maximum absolute atomic E-state index is 12.6. The molecule has 1 aliphatic heterocycles. The predicted molar refractivity (Wildman–Crippen MR) is 118 cm³/mol. The Bertz CT molecular complexity index is 974. The molecule has 1 unspecified atom stereocenters. The van der Waals surface area contributed by atoms with Crippen LogP contribution in [0.1, 0.15) is 29.2 Å². The lowest BCUT2D eigenvalue weighted by molar-refractivity contribution is -0.137. The van der Waals surface area contributed by atoms with E-state index in [2.05, 4.69) is 34.7 Å². The monoisotopic (exact) mass is 448 g/mol. The van der Waals surface area contributed by atoms with Gasteiger partial charge in [0.05, 0.1) is 11.6 Å². The van der Waals surface area contributed by atoms with Crippen LogP contribution in [0.4, 0.5) is 24.5 Å². The van der Waals surface area contributed by atoms with Gasteiger partial charge < -0.3 is 20.4 Å². The van der Waals surface area contributed by atoms with Crippen molar-refractivity contribution < 1.29 is 22.8 Å². The fourth-order valence-electron chi connectivity index (χ4n) is 3.81. The molecule has 9 heteroatoms. The third kappa shape index (κ3) is 5.59. The van der Waals surface area contributed by atoms with Gasteiger partial charge in [0.1, 0.15) is 0 Å². The molecule has 0 aliphatic carbocycles. The molecule has 0 aromatic heterocycles. The lowest BCUT2D eigenvalue weighted by atomic mass is 9.96. The zero-order chi connectivity index (χ0) is 23.5. The van der Waals surface area contributed by atoms with E-state index in [9.17, 15) is 22.8 Å². The van der Waals surface area contributed by atoms with Gasteiger partial charge in [-0.2, -0.15) is 13.2 Å². The number of amides is 2. The fourth-order valence-corrected chi connectivity index (χ4v) is 3.81. The quantitative estimate of drug-likeness (QED) is 0.688. The van der Waals surface area contributed by atoms with Gasteiger partial charge in [0.25, 0.3) is 0 Å². The normalized spacial score (nSPS) is 14.7. The highest BCUT2D eigenvalue weighted by Gasteiger charge is 2.30. The summed E-state index contributed by atoms with van der Waals surface area (Å²) in [5.74, 6) is -1.79. The second-order valence-electron chi connectivity index (χ2n) is 8.13. The molecule has 172 valence electrons. The summed E-state index contributed by atoms with van der Waals surface area (Å²) in [6, 6.07) is 10.0. The van der Waals surface area contributed by atoms with E-state index in [4.69, 9.17) is 0 Å². The summed E-state index contributed by atoms with van der Waals surface area (Å²) in [6.07, 6.45) is -2.39. The Morgan fingerprint density at radius 3 is 2.41 bits per heavy atom. The van der Waals surface area contributed by atoms with E-state index in [1.807, 2.05) is 25.1 Å². The Hall–Kier alpha value is -3.07. The summed E-state index contributed by atoms with van der Waals surface area (Å²) in [4.78, 5) is 28.6. The van der Waals surface area contributed by atoms with E-state index < -0.39 is 23.6 Å². The van der Waals surface area contributed by atoms with Crippen LogP contribution >= 0.6 is 0 Å². The molecule has 0 radical (unpaired) electrons. The number of halogens is 3. The Balaban J connectivity index is 1.62. The largest absolute Gasteiger partial charge is 0.416 e.